The number of benzene rings is 1. The molecule has 0 spiro atoms. The molecule has 0 aliphatic rings. The summed E-state index contributed by atoms with van der Waals surface area (Å²) in [7, 11) is 0. The maximum absolute atomic E-state index is 13.9. The molecular weight excluding hydrogens is 446 g/mol. The number of hydrogen-bond acceptors (Lipinski definition) is 4. The van der Waals surface area contributed by atoms with E-state index in [0.717, 1.165) is 11.0 Å². The molecule has 0 radical (unpaired) electrons. The number of nitrogens with one attached hydrogen (secondary N) is 1. The minimum atomic E-state index is -1.84. The van der Waals surface area contributed by atoms with Crippen LogP contribution in [0.5, 0.6) is 0 Å². The first-order valence-electron chi connectivity index (χ1n) is 6.66. The van der Waals surface area contributed by atoms with Gasteiger partial charge in [-0.05, 0) is 22.0 Å². The highest BCUT2D eigenvalue weighted by Gasteiger charge is 2.28. The molecule has 1 amide bonds. The fraction of sp³-hybridized carbons (Fsp3) is 0. The Morgan fingerprint density at radius 1 is 1.08 bits per heavy atom. The zero-order valence-corrected chi connectivity index (χ0v) is 14.6. The lowest BCUT2D eigenvalue weighted by Gasteiger charge is -2.10. The van der Waals surface area contributed by atoms with Gasteiger partial charge in [-0.2, -0.15) is 10.2 Å². The number of carbonyl (C=O) groups excluding carboxylic acids is 1. The second-order valence-corrected chi connectivity index (χ2v) is 5.95. The van der Waals surface area contributed by atoms with Crippen LogP contribution >= 0.6 is 27.5 Å². The highest BCUT2D eigenvalue weighted by Crippen LogP contribution is 2.29. The van der Waals surface area contributed by atoms with E-state index in [0.29, 0.717) is 0 Å². The van der Waals surface area contributed by atoms with Crippen LogP contribution in [-0.2, 0) is 0 Å². The van der Waals surface area contributed by atoms with Crippen LogP contribution in [0.2, 0.25) is 5.02 Å². The van der Waals surface area contributed by atoms with E-state index >= 15 is 0 Å². The molecule has 6 nitrogen and oxygen atoms in total. The lowest BCUT2D eigenvalue weighted by molar-refractivity contribution is 0.101. The molecule has 0 bridgehead atoms. The Hall–Kier alpha value is -2.53. The quantitative estimate of drug-likeness (QED) is 0.373. The smallest absolute Gasteiger partial charge is 0.261 e. The number of pyridine rings is 1. The minimum Gasteiger partial charge on any atom is -0.320 e. The number of halogens is 6. The summed E-state index contributed by atoms with van der Waals surface area (Å²) in [5, 5.41) is 9.71. The Morgan fingerprint density at radius 2 is 1.65 bits per heavy atom. The second kappa shape index (κ2) is 7.00. The first-order valence-corrected chi connectivity index (χ1v) is 7.83. The van der Waals surface area contributed by atoms with Gasteiger partial charge in [-0.25, -0.2) is 22.5 Å². The van der Waals surface area contributed by atoms with Gasteiger partial charge in [0.2, 0.25) is 0 Å². The molecule has 0 atom stereocenters. The number of rotatable bonds is 3. The SMILES string of the molecule is O=C(Nc1cnc(-n2nccn2)c(Cl)c1)c1c(F)c(F)c(Br)c(F)c1F. The summed E-state index contributed by atoms with van der Waals surface area (Å²) in [6.45, 7) is 0. The van der Waals surface area contributed by atoms with Gasteiger partial charge < -0.3 is 5.32 Å². The number of amides is 1. The predicted octanol–water partition coefficient (Wildman–Crippen LogP) is 3.89. The Morgan fingerprint density at radius 3 is 2.19 bits per heavy atom. The lowest BCUT2D eigenvalue weighted by atomic mass is 10.1. The first kappa shape index (κ1) is 18.3. The molecule has 0 aliphatic carbocycles. The van der Waals surface area contributed by atoms with Crippen molar-refractivity contribution in [3.8, 4) is 5.82 Å². The Kier molecular flexibility index (Phi) is 4.92. The summed E-state index contributed by atoms with van der Waals surface area (Å²) in [6, 6.07) is 1.20. The van der Waals surface area contributed by atoms with Crippen LogP contribution in [0, 0.1) is 23.3 Å². The van der Waals surface area contributed by atoms with Gasteiger partial charge in [0.1, 0.15) is 5.56 Å². The summed E-state index contributed by atoms with van der Waals surface area (Å²) in [4.78, 5) is 17.1. The molecule has 2 aromatic heterocycles. The van der Waals surface area contributed by atoms with Crippen LogP contribution < -0.4 is 5.32 Å². The van der Waals surface area contributed by atoms with Crippen LogP contribution in [0.25, 0.3) is 5.82 Å². The van der Waals surface area contributed by atoms with Crippen molar-refractivity contribution in [1.29, 1.82) is 0 Å². The lowest BCUT2D eigenvalue weighted by Crippen LogP contribution is -2.19. The van der Waals surface area contributed by atoms with Gasteiger partial charge in [0, 0.05) is 0 Å². The third-order valence-corrected chi connectivity index (χ3v) is 4.10. The van der Waals surface area contributed by atoms with Crippen molar-refractivity contribution in [3.63, 3.8) is 0 Å². The summed E-state index contributed by atoms with van der Waals surface area (Å²) >= 11 is 8.36. The van der Waals surface area contributed by atoms with E-state index < -0.39 is 39.2 Å². The minimum absolute atomic E-state index is 0.00751. The molecule has 1 aromatic carbocycles. The highest BCUT2D eigenvalue weighted by atomic mass is 79.9. The molecule has 0 saturated heterocycles. The Labute approximate surface area is 155 Å². The van der Waals surface area contributed by atoms with Crippen LogP contribution in [-0.4, -0.2) is 25.9 Å². The fourth-order valence-corrected chi connectivity index (χ4v) is 2.56. The normalized spacial score (nSPS) is 10.8. The average molecular weight is 451 g/mol. The Balaban J connectivity index is 1.93. The zero-order chi connectivity index (χ0) is 19.0. The molecule has 134 valence electrons. The molecule has 12 heteroatoms. The van der Waals surface area contributed by atoms with Gasteiger partial charge in [-0.1, -0.05) is 11.6 Å². The van der Waals surface area contributed by atoms with Gasteiger partial charge in [0.05, 0.1) is 33.8 Å². The van der Waals surface area contributed by atoms with Gasteiger partial charge in [-0.3, -0.25) is 4.79 Å². The van der Waals surface area contributed by atoms with Crippen LogP contribution in [0.15, 0.2) is 29.1 Å². The molecule has 2 heterocycles. The van der Waals surface area contributed by atoms with E-state index in [4.69, 9.17) is 11.6 Å². The van der Waals surface area contributed by atoms with Crippen molar-refractivity contribution >= 4 is 39.1 Å². The van der Waals surface area contributed by atoms with Crippen LogP contribution in [0.4, 0.5) is 23.2 Å². The van der Waals surface area contributed by atoms with Gasteiger partial charge in [0.15, 0.2) is 29.1 Å². The topological polar surface area (TPSA) is 72.7 Å². The van der Waals surface area contributed by atoms with E-state index in [1.165, 1.54) is 18.5 Å². The largest absolute Gasteiger partial charge is 0.320 e. The molecule has 3 rings (SSSR count). The highest BCUT2D eigenvalue weighted by molar-refractivity contribution is 9.10. The molecule has 0 unspecified atom stereocenters. The molecule has 0 aliphatic heterocycles. The summed E-state index contributed by atoms with van der Waals surface area (Å²) in [5.74, 6) is -8.44. The van der Waals surface area contributed by atoms with Crippen LogP contribution in [0.1, 0.15) is 10.4 Å². The number of carbonyl (C=O) groups is 1. The second-order valence-electron chi connectivity index (χ2n) is 4.75. The van der Waals surface area contributed by atoms with Crippen molar-refractivity contribution in [3.05, 3.63) is 63.0 Å². The molecule has 3 aromatic rings. The predicted molar refractivity (Wildman–Crippen MR) is 86.1 cm³/mol. The number of hydrogen-bond donors (Lipinski definition) is 1. The molecule has 1 N–H and O–H groups in total. The molecule has 0 saturated carbocycles. The monoisotopic (exact) mass is 449 g/mol. The fourth-order valence-electron chi connectivity index (χ4n) is 1.97. The third kappa shape index (κ3) is 3.15. The maximum Gasteiger partial charge on any atom is 0.261 e. The van der Waals surface area contributed by atoms with E-state index in [9.17, 15) is 22.4 Å². The van der Waals surface area contributed by atoms with E-state index in [2.05, 4.69) is 36.4 Å². The van der Waals surface area contributed by atoms with Gasteiger partial charge in [-0.15, -0.1) is 4.80 Å². The van der Waals surface area contributed by atoms with Crippen LogP contribution in [0.3, 0.4) is 0 Å². The van der Waals surface area contributed by atoms with Crippen molar-refractivity contribution in [2.45, 2.75) is 0 Å². The standard InChI is InChI=1S/C14H5BrClF4N5O/c15-8-11(19)9(17)7(10(18)12(8)20)14(26)24-5-3-6(16)13(21-4-5)25-22-1-2-23-25/h1-4H,(H,24,26). The van der Waals surface area contributed by atoms with Gasteiger partial charge >= 0.3 is 0 Å². The van der Waals surface area contributed by atoms with E-state index in [1.54, 1.807) is 0 Å². The average Bonchev–Trinajstić information content (AvgIpc) is 3.13. The zero-order valence-electron chi connectivity index (χ0n) is 12.3. The first-order chi connectivity index (χ1) is 12.3. The number of aromatic nitrogens is 4. The summed E-state index contributed by atoms with van der Waals surface area (Å²) in [6.07, 6.45) is 3.87. The van der Waals surface area contributed by atoms with E-state index in [-0.39, 0.29) is 16.5 Å². The van der Waals surface area contributed by atoms with Crippen molar-refractivity contribution in [2.75, 3.05) is 5.32 Å². The number of anilines is 1. The maximum atomic E-state index is 13.9. The summed E-state index contributed by atoms with van der Waals surface area (Å²) in [5.41, 5.74) is -1.49. The van der Waals surface area contributed by atoms with E-state index in [1.807, 2.05) is 0 Å². The molecule has 0 fully saturated rings. The Bertz CT molecular complexity index is 986. The third-order valence-electron chi connectivity index (χ3n) is 3.12. The summed E-state index contributed by atoms with van der Waals surface area (Å²) < 4.78 is 53.7. The molecule has 26 heavy (non-hydrogen) atoms. The van der Waals surface area contributed by atoms with Crippen molar-refractivity contribution < 1.29 is 22.4 Å². The van der Waals surface area contributed by atoms with Crippen molar-refractivity contribution in [1.82, 2.24) is 20.0 Å². The van der Waals surface area contributed by atoms with Crippen molar-refractivity contribution in [2.24, 2.45) is 0 Å². The van der Waals surface area contributed by atoms with Gasteiger partial charge in [0.25, 0.3) is 5.91 Å². The number of nitrogens with zero attached hydrogens (tertiary/aromatic N) is 4. The molecular formula is C14H5BrClF4N5O.